The lowest BCUT2D eigenvalue weighted by Crippen LogP contribution is -2.16. The number of rotatable bonds is 4. The number of allylic oxidation sites excluding steroid dienone is 2. The third-order valence-corrected chi connectivity index (χ3v) is 2.23. The Morgan fingerprint density at radius 3 is 2.92 bits per heavy atom. The van der Waals surface area contributed by atoms with Gasteiger partial charge in [0.15, 0.2) is 0 Å². The summed E-state index contributed by atoms with van der Waals surface area (Å²) in [4.78, 5) is 2.24. The molecule has 0 unspecified atom stereocenters. The number of unbranched alkanes of at least 4 members (excludes halogenated alkanes) is 2. The molecule has 0 amide bonds. The molecule has 1 heterocycles. The molecule has 1 nitrogen and oxygen atoms in total. The molecule has 12 heavy (non-hydrogen) atoms. The summed E-state index contributed by atoms with van der Waals surface area (Å²) in [5.74, 6) is 0. The van der Waals surface area contributed by atoms with Gasteiger partial charge in [0, 0.05) is 13.6 Å². The molecular weight excluding hydrogens is 146 g/mol. The smallest absolute Gasteiger partial charge is 0.0383 e. The van der Waals surface area contributed by atoms with Crippen molar-refractivity contribution in [2.24, 2.45) is 0 Å². The van der Waals surface area contributed by atoms with Gasteiger partial charge >= 0.3 is 0 Å². The normalized spacial score (nSPS) is 16.5. The monoisotopic (exact) mass is 165 g/mol. The molecule has 0 aromatic carbocycles. The molecule has 0 aromatic heterocycles. The molecule has 1 heteroatoms. The standard InChI is InChI=1S/C11H19N/c1-3-4-5-7-11-8-6-9-12(2)10-11/h6,8-9H,3-5,7,10H2,1-2H3. The summed E-state index contributed by atoms with van der Waals surface area (Å²) in [6, 6.07) is 0. The minimum absolute atomic E-state index is 1.13. The third kappa shape index (κ3) is 3.12. The summed E-state index contributed by atoms with van der Waals surface area (Å²) in [5, 5.41) is 0. The molecule has 0 saturated heterocycles. The molecule has 0 fully saturated rings. The van der Waals surface area contributed by atoms with Crippen LogP contribution in [0.15, 0.2) is 23.9 Å². The van der Waals surface area contributed by atoms with Crippen molar-refractivity contribution < 1.29 is 0 Å². The van der Waals surface area contributed by atoms with Crippen LogP contribution in [0.25, 0.3) is 0 Å². The average Bonchev–Trinajstić information content (AvgIpc) is 2.05. The first-order valence-corrected chi connectivity index (χ1v) is 4.89. The van der Waals surface area contributed by atoms with E-state index in [4.69, 9.17) is 0 Å². The maximum atomic E-state index is 2.26. The van der Waals surface area contributed by atoms with Crippen molar-refractivity contribution in [3.05, 3.63) is 23.9 Å². The van der Waals surface area contributed by atoms with Gasteiger partial charge in [0.25, 0.3) is 0 Å². The Hall–Kier alpha value is -0.720. The van der Waals surface area contributed by atoms with E-state index in [0.717, 1.165) is 6.54 Å². The van der Waals surface area contributed by atoms with Gasteiger partial charge in [-0.15, -0.1) is 0 Å². The van der Waals surface area contributed by atoms with E-state index < -0.39 is 0 Å². The predicted octanol–water partition coefficient (Wildman–Crippen LogP) is 2.95. The molecule has 0 aliphatic carbocycles. The number of likely N-dealkylation sites (N-methyl/N-ethyl adjacent to an activating group) is 1. The van der Waals surface area contributed by atoms with Gasteiger partial charge in [0.05, 0.1) is 0 Å². The van der Waals surface area contributed by atoms with Crippen molar-refractivity contribution in [1.82, 2.24) is 4.90 Å². The van der Waals surface area contributed by atoms with Gasteiger partial charge in [-0.2, -0.15) is 0 Å². The minimum atomic E-state index is 1.13. The van der Waals surface area contributed by atoms with Crippen molar-refractivity contribution in [3.8, 4) is 0 Å². The Morgan fingerprint density at radius 1 is 1.42 bits per heavy atom. The lowest BCUT2D eigenvalue weighted by Gasteiger charge is -2.19. The summed E-state index contributed by atoms with van der Waals surface area (Å²) in [5.41, 5.74) is 1.58. The summed E-state index contributed by atoms with van der Waals surface area (Å²) in [6.45, 7) is 3.38. The van der Waals surface area contributed by atoms with Gasteiger partial charge < -0.3 is 4.90 Å². The van der Waals surface area contributed by atoms with Crippen molar-refractivity contribution in [3.63, 3.8) is 0 Å². The molecular formula is C11H19N. The van der Waals surface area contributed by atoms with Crippen LogP contribution in [0.1, 0.15) is 32.6 Å². The maximum absolute atomic E-state index is 2.26. The Balaban J connectivity index is 2.23. The van der Waals surface area contributed by atoms with Crippen molar-refractivity contribution in [2.75, 3.05) is 13.6 Å². The van der Waals surface area contributed by atoms with E-state index in [9.17, 15) is 0 Å². The zero-order chi connectivity index (χ0) is 8.81. The Bertz CT molecular complexity index is 179. The van der Waals surface area contributed by atoms with Gasteiger partial charge in [-0.05, 0) is 25.1 Å². The van der Waals surface area contributed by atoms with Gasteiger partial charge in [0.1, 0.15) is 0 Å². The van der Waals surface area contributed by atoms with Gasteiger partial charge in [0.2, 0.25) is 0 Å². The van der Waals surface area contributed by atoms with E-state index >= 15 is 0 Å². The highest BCUT2D eigenvalue weighted by Gasteiger charge is 2.02. The first-order valence-electron chi connectivity index (χ1n) is 4.89. The highest BCUT2D eigenvalue weighted by Crippen LogP contribution is 2.13. The summed E-state index contributed by atoms with van der Waals surface area (Å²) < 4.78 is 0. The van der Waals surface area contributed by atoms with E-state index in [0.29, 0.717) is 0 Å². The fraction of sp³-hybridized carbons (Fsp3) is 0.636. The second kappa shape index (κ2) is 5.02. The van der Waals surface area contributed by atoms with Crippen LogP contribution in [0.4, 0.5) is 0 Å². The Morgan fingerprint density at radius 2 is 2.25 bits per heavy atom. The summed E-state index contributed by atoms with van der Waals surface area (Å²) in [7, 11) is 2.13. The molecule has 0 N–H and O–H groups in total. The largest absolute Gasteiger partial charge is 0.376 e. The molecule has 1 rings (SSSR count). The number of hydrogen-bond acceptors (Lipinski definition) is 1. The van der Waals surface area contributed by atoms with Crippen molar-refractivity contribution >= 4 is 0 Å². The van der Waals surface area contributed by atoms with Crippen molar-refractivity contribution in [1.29, 1.82) is 0 Å². The van der Waals surface area contributed by atoms with Crippen LogP contribution in [0.3, 0.4) is 0 Å². The first kappa shape index (κ1) is 9.37. The summed E-state index contributed by atoms with van der Waals surface area (Å²) in [6.07, 6.45) is 11.8. The maximum Gasteiger partial charge on any atom is 0.0383 e. The lowest BCUT2D eigenvalue weighted by molar-refractivity contribution is 0.478. The van der Waals surface area contributed by atoms with Crippen LogP contribution in [0.5, 0.6) is 0 Å². The second-order valence-corrected chi connectivity index (χ2v) is 3.54. The molecule has 0 bridgehead atoms. The van der Waals surface area contributed by atoms with Crippen molar-refractivity contribution in [2.45, 2.75) is 32.6 Å². The molecule has 0 radical (unpaired) electrons. The molecule has 68 valence electrons. The molecule has 0 spiro atoms. The molecule has 1 aliphatic heterocycles. The zero-order valence-electron chi connectivity index (χ0n) is 8.21. The minimum Gasteiger partial charge on any atom is -0.376 e. The lowest BCUT2D eigenvalue weighted by atomic mass is 10.1. The SMILES string of the molecule is CCCCCC1=CC=CN(C)C1. The van der Waals surface area contributed by atoms with E-state index in [1.807, 2.05) is 0 Å². The Kier molecular flexibility index (Phi) is 3.92. The highest BCUT2D eigenvalue weighted by molar-refractivity contribution is 5.18. The topological polar surface area (TPSA) is 3.24 Å². The van der Waals surface area contributed by atoms with Crippen LogP contribution < -0.4 is 0 Å². The van der Waals surface area contributed by atoms with E-state index in [1.165, 1.54) is 25.7 Å². The summed E-state index contributed by atoms with van der Waals surface area (Å²) >= 11 is 0. The molecule has 1 aliphatic rings. The third-order valence-electron chi connectivity index (χ3n) is 2.23. The predicted molar refractivity (Wildman–Crippen MR) is 54.0 cm³/mol. The second-order valence-electron chi connectivity index (χ2n) is 3.54. The van der Waals surface area contributed by atoms with Gasteiger partial charge in [-0.1, -0.05) is 31.4 Å². The number of nitrogens with zero attached hydrogens (tertiary/aromatic N) is 1. The van der Waals surface area contributed by atoms with Gasteiger partial charge in [-0.3, -0.25) is 0 Å². The van der Waals surface area contributed by atoms with Gasteiger partial charge in [-0.25, -0.2) is 0 Å². The fourth-order valence-electron chi connectivity index (χ4n) is 1.52. The van der Waals surface area contributed by atoms with Crippen LogP contribution in [0, 0.1) is 0 Å². The molecule has 0 saturated carbocycles. The van der Waals surface area contributed by atoms with Crippen LogP contribution in [-0.4, -0.2) is 18.5 Å². The Labute approximate surface area is 75.8 Å². The fourth-order valence-corrected chi connectivity index (χ4v) is 1.52. The highest BCUT2D eigenvalue weighted by atomic mass is 15.1. The number of hydrogen-bond donors (Lipinski definition) is 0. The average molecular weight is 165 g/mol. The first-order chi connectivity index (χ1) is 5.83. The quantitative estimate of drug-likeness (QED) is 0.579. The van der Waals surface area contributed by atoms with E-state index in [2.05, 4.69) is 37.2 Å². The van der Waals surface area contributed by atoms with Crippen LogP contribution in [0.2, 0.25) is 0 Å². The molecule has 0 atom stereocenters. The van der Waals surface area contributed by atoms with Crippen LogP contribution in [-0.2, 0) is 0 Å². The zero-order valence-corrected chi connectivity index (χ0v) is 8.21. The molecule has 0 aromatic rings. The van der Waals surface area contributed by atoms with E-state index in [1.54, 1.807) is 5.57 Å². The van der Waals surface area contributed by atoms with Crippen LogP contribution >= 0.6 is 0 Å². The van der Waals surface area contributed by atoms with E-state index in [-0.39, 0.29) is 0 Å².